The Morgan fingerprint density at radius 3 is 2.71 bits per heavy atom. The van der Waals surface area contributed by atoms with Crippen molar-refractivity contribution in [1.82, 2.24) is 9.88 Å². The molecule has 4 rings (SSSR count). The second-order valence-electron chi connectivity index (χ2n) is 7.23. The third-order valence-electron chi connectivity index (χ3n) is 5.03. The first kappa shape index (κ1) is 21.2. The molecule has 0 aliphatic carbocycles. The average molecular weight is 445 g/mol. The molecule has 0 spiro atoms. The maximum Gasteiger partial charge on any atom is 0.243 e. The number of nitrogens with one attached hydrogen (secondary N) is 1. The van der Waals surface area contributed by atoms with Crippen LogP contribution in [0.2, 0.25) is 0 Å². The van der Waals surface area contributed by atoms with E-state index in [0.29, 0.717) is 41.9 Å². The Morgan fingerprint density at radius 2 is 1.94 bits per heavy atom. The molecule has 1 unspecified atom stereocenters. The molecule has 1 aliphatic heterocycles. The molecular weight excluding hydrogens is 424 g/mol. The highest BCUT2D eigenvalue weighted by atomic mass is 32.1. The van der Waals surface area contributed by atoms with Gasteiger partial charge in [0, 0.05) is 17.5 Å². The number of thiazole rings is 1. The van der Waals surface area contributed by atoms with Crippen molar-refractivity contribution in [2.75, 3.05) is 25.6 Å². The van der Waals surface area contributed by atoms with E-state index in [1.54, 1.807) is 12.3 Å². The highest BCUT2D eigenvalue weighted by molar-refractivity contribution is 7.14. The van der Waals surface area contributed by atoms with Crippen molar-refractivity contribution in [3.8, 4) is 22.8 Å². The minimum Gasteiger partial charge on any atom is -0.486 e. The van der Waals surface area contributed by atoms with E-state index in [-0.39, 0.29) is 5.91 Å². The molecule has 1 atom stereocenters. The van der Waals surface area contributed by atoms with Gasteiger partial charge in [-0.3, -0.25) is 9.69 Å². The largest absolute Gasteiger partial charge is 0.486 e. The van der Waals surface area contributed by atoms with Crippen LogP contribution >= 0.6 is 11.3 Å². The van der Waals surface area contributed by atoms with Crippen molar-refractivity contribution in [3.63, 3.8) is 0 Å². The number of aromatic nitrogens is 1. The Bertz CT molecular complexity index is 1110. The molecule has 3 aromatic rings. The molecule has 1 amide bonds. The second-order valence-corrected chi connectivity index (χ2v) is 8.08. The topological polar surface area (TPSA) is 63.7 Å². The number of ether oxygens (including phenoxy) is 2. The number of hydrogen-bond donors (Lipinski definition) is 1. The zero-order valence-electron chi connectivity index (χ0n) is 17.0. The average Bonchev–Trinajstić information content (AvgIpc) is 3.23. The van der Waals surface area contributed by atoms with Gasteiger partial charge in [0.2, 0.25) is 5.91 Å². The molecule has 31 heavy (non-hydrogen) atoms. The van der Waals surface area contributed by atoms with E-state index in [1.165, 1.54) is 17.4 Å². The highest BCUT2D eigenvalue weighted by Gasteiger charge is 2.21. The van der Waals surface area contributed by atoms with Crippen LogP contribution in [0.1, 0.15) is 12.5 Å². The monoisotopic (exact) mass is 445 g/mol. The van der Waals surface area contributed by atoms with Gasteiger partial charge in [0.1, 0.15) is 13.2 Å². The quantitative estimate of drug-likeness (QED) is 0.612. The van der Waals surface area contributed by atoms with E-state index < -0.39 is 17.7 Å². The third kappa shape index (κ3) is 4.83. The summed E-state index contributed by atoms with van der Waals surface area (Å²) < 4.78 is 37.7. The van der Waals surface area contributed by atoms with Gasteiger partial charge in [-0.15, -0.1) is 11.3 Å². The fraction of sp³-hybridized carbons (Fsp3) is 0.273. The number of rotatable bonds is 6. The first-order chi connectivity index (χ1) is 14.9. The highest BCUT2D eigenvalue weighted by Crippen LogP contribution is 2.31. The molecule has 0 saturated heterocycles. The van der Waals surface area contributed by atoms with Gasteiger partial charge in [-0.05, 0) is 49.9 Å². The standard InChI is InChI=1S/C22H21F2N3O3S/c1-13(27(2)11-14-3-6-19-20(9-14)30-8-7-29-19)21(28)26-22-25-18(12-31-22)15-4-5-16(23)17(24)10-15/h3-6,9-10,12-13H,7-8,11H2,1-2H3,(H,25,26,28). The van der Waals surface area contributed by atoms with Crippen LogP contribution in [-0.2, 0) is 11.3 Å². The molecular formula is C22H21F2N3O3S. The third-order valence-corrected chi connectivity index (χ3v) is 5.79. The van der Waals surface area contributed by atoms with Crippen molar-refractivity contribution in [3.05, 3.63) is 59.0 Å². The molecule has 0 saturated carbocycles. The second kappa shape index (κ2) is 8.99. The van der Waals surface area contributed by atoms with Crippen LogP contribution in [0.3, 0.4) is 0 Å². The van der Waals surface area contributed by atoms with Gasteiger partial charge in [-0.1, -0.05) is 6.07 Å². The molecule has 1 N–H and O–H groups in total. The number of anilines is 1. The zero-order valence-corrected chi connectivity index (χ0v) is 17.8. The molecule has 2 aromatic carbocycles. The van der Waals surface area contributed by atoms with Crippen molar-refractivity contribution in [2.24, 2.45) is 0 Å². The van der Waals surface area contributed by atoms with Crippen molar-refractivity contribution in [1.29, 1.82) is 0 Å². The van der Waals surface area contributed by atoms with E-state index in [4.69, 9.17) is 9.47 Å². The summed E-state index contributed by atoms with van der Waals surface area (Å²) in [6.07, 6.45) is 0. The number of carbonyl (C=O) groups excluding carboxylic acids is 1. The minimum atomic E-state index is -0.939. The van der Waals surface area contributed by atoms with Crippen molar-refractivity contribution >= 4 is 22.4 Å². The summed E-state index contributed by atoms with van der Waals surface area (Å²) in [7, 11) is 1.86. The van der Waals surface area contributed by atoms with Crippen molar-refractivity contribution < 1.29 is 23.0 Å². The van der Waals surface area contributed by atoms with E-state index >= 15 is 0 Å². The Balaban J connectivity index is 1.38. The lowest BCUT2D eigenvalue weighted by Gasteiger charge is -2.24. The maximum atomic E-state index is 13.5. The number of halogens is 2. The zero-order chi connectivity index (χ0) is 22.0. The molecule has 0 fully saturated rings. The molecule has 0 bridgehead atoms. The van der Waals surface area contributed by atoms with E-state index in [0.717, 1.165) is 23.4 Å². The first-order valence-corrected chi connectivity index (χ1v) is 10.6. The summed E-state index contributed by atoms with van der Waals surface area (Å²) in [6, 6.07) is 8.90. The Hall–Kier alpha value is -3.04. The Labute approximate surface area is 182 Å². The summed E-state index contributed by atoms with van der Waals surface area (Å²) in [5.41, 5.74) is 1.91. The summed E-state index contributed by atoms with van der Waals surface area (Å²) in [4.78, 5) is 18.9. The van der Waals surface area contributed by atoms with Crippen LogP contribution in [0.5, 0.6) is 11.5 Å². The lowest BCUT2D eigenvalue weighted by Crippen LogP contribution is -2.39. The summed E-state index contributed by atoms with van der Waals surface area (Å²) >= 11 is 1.22. The van der Waals surface area contributed by atoms with E-state index in [9.17, 15) is 13.6 Å². The molecule has 0 radical (unpaired) electrons. The van der Waals surface area contributed by atoms with Gasteiger partial charge in [0.25, 0.3) is 0 Å². The Morgan fingerprint density at radius 1 is 1.16 bits per heavy atom. The number of fused-ring (bicyclic) bond motifs is 1. The van der Waals surface area contributed by atoms with Gasteiger partial charge < -0.3 is 14.8 Å². The maximum absolute atomic E-state index is 13.5. The van der Waals surface area contributed by atoms with Gasteiger partial charge in [0.15, 0.2) is 28.3 Å². The first-order valence-electron chi connectivity index (χ1n) is 9.71. The number of amides is 1. The molecule has 2 heterocycles. The Kier molecular flexibility index (Phi) is 6.15. The van der Waals surface area contributed by atoms with Crippen LogP contribution < -0.4 is 14.8 Å². The SMILES string of the molecule is CC(C(=O)Nc1nc(-c2ccc(F)c(F)c2)cs1)N(C)Cc1ccc2c(c1)OCCO2. The lowest BCUT2D eigenvalue weighted by molar-refractivity contribution is -0.120. The molecule has 9 heteroatoms. The fourth-order valence-corrected chi connectivity index (χ4v) is 3.86. The number of benzene rings is 2. The fourth-order valence-electron chi connectivity index (χ4n) is 3.14. The molecule has 6 nitrogen and oxygen atoms in total. The smallest absolute Gasteiger partial charge is 0.243 e. The van der Waals surface area contributed by atoms with Crippen LogP contribution in [0.25, 0.3) is 11.3 Å². The lowest BCUT2D eigenvalue weighted by atomic mass is 10.1. The number of nitrogens with zero attached hydrogens (tertiary/aromatic N) is 2. The van der Waals surface area contributed by atoms with Crippen molar-refractivity contribution in [2.45, 2.75) is 19.5 Å². The van der Waals surface area contributed by atoms with Gasteiger partial charge in [-0.25, -0.2) is 13.8 Å². The number of likely N-dealkylation sites (N-methyl/N-ethyl adjacent to an activating group) is 1. The molecule has 1 aromatic heterocycles. The predicted octanol–water partition coefficient (Wildman–Crippen LogP) is 4.32. The number of hydrogen-bond acceptors (Lipinski definition) is 6. The normalized spacial score (nSPS) is 13.8. The predicted molar refractivity (Wildman–Crippen MR) is 114 cm³/mol. The van der Waals surface area contributed by atoms with Gasteiger partial charge in [-0.2, -0.15) is 0 Å². The summed E-state index contributed by atoms with van der Waals surface area (Å²) in [5, 5.41) is 4.87. The van der Waals surface area contributed by atoms with Crippen LogP contribution in [-0.4, -0.2) is 42.1 Å². The molecule has 1 aliphatic rings. The van der Waals surface area contributed by atoms with Gasteiger partial charge >= 0.3 is 0 Å². The minimum absolute atomic E-state index is 0.216. The summed E-state index contributed by atoms with van der Waals surface area (Å²) in [5.74, 6) is -0.634. The van der Waals surface area contributed by atoms with E-state index in [1.807, 2.05) is 30.1 Å². The molecule has 162 valence electrons. The summed E-state index contributed by atoms with van der Waals surface area (Å²) in [6.45, 7) is 3.41. The van der Waals surface area contributed by atoms with Gasteiger partial charge in [0.05, 0.1) is 11.7 Å². The van der Waals surface area contributed by atoms with Crippen LogP contribution in [0.15, 0.2) is 41.8 Å². The van der Waals surface area contributed by atoms with Crippen LogP contribution in [0.4, 0.5) is 13.9 Å². The van der Waals surface area contributed by atoms with E-state index in [2.05, 4.69) is 10.3 Å². The van der Waals surface area contributed by atoms with Crippen LogP contribution in [0, 0.1) is 11.6 Å². The number of carbonyl (C=O) groups is 1.